The van der Waals surface area contributed by atoms with Crippen molar-refractivity contribution in [3.63, 3.8) is 0 Å². The van der Waals surface area contributed by atoms with E-state index in [-0.39, 0.29) is 11.9 Å². The average molecular weight is 231 g/mol. The predicted octanol–water partition coefficient (Wildman–Crippen LogP) is 0.999. The maximum Gasteiger partial charge on any atom is 0.270 e. The molecule has 0 saturated heterocycles. The van der Waals surface area contributed by atoms with Crippen molar-refractivity contribution in [2.24, 2.45) is 0 Å². The Hall–Kier alpha value is -2.24. The third-order valence-corrected chi connectivity index (χ3v) is 2.42. The van der Waals surface area contributed by atoms with Crippen LogP contribution in [0.25, 0.3) is 0 Å². The molecule has 2 heterocycles. The molecule has 0 bridgehead atoms. The molecule has 0 fully saturated rings. The van der Waals surface area contributed by atoms with Crippen molar-refractivity contribution in [3.05, 3.63) is 41.7 Å². The van der Waals surface area contributed by atoms with Crippen molar-refractivity contribution in [1.82, 2.24) is 25.5 Å². The first-order valence-electron chi connectivity index (χ1n) is 5.26. The van der Waals surface area contributed by atoms with E-state index in [1.165, 1.54) is 6.33 Å². The summed E-state index contributed by atoms with van der Waals surface area (Å²) in [4.78, 5) is 20.0. The highest BCUT2D eigenvalue weighted by atomic mass is 16.1. The van der Waals surface area contributed by atoms with Crippen LogP contribution < -0.4 is 5.32 Å². The number of rotatable bonds is 3. The highest BCUT2D eigenvalue weighted by molar-refractivity contribution is 5.93. The van der Waals surface area contributed by atoms with Crippen LogP contribution in [0.15, 0.2) is 24.7 Å². The maximum atomic E-state index is 11.9. The van der Waals surface area contributed by atoms with Crippen molar-refractivity contribution in [2.75, 3.05) is 0 Å². The molecule has 0 saturated carbocycles. The van der Waals surface area contributed by atoms with E-state index in [2.05, 4.69) is 25.5 Å². The van der Waals surface area contributed by atoms with Gasteiger partial charge in [-0.15, -0.1) is 0 Å². The number of aromatic amines is 1. The predicted molar refractivity (Wildman–Crippen MR) is 61.2 cm³/mol. The minimum absolute atomic E-state index is 0.216. The lowest BCUT2D eigenvalue weighted by molar-refractivity contribution is 0.0932. The molecule has 0 aliphatic carbocycles. The number of aryl methyl sites for hydroxylation is 1. The van der Waals surface area contributed by atoms with Crippen LogP contribution in [0.4, 0.5) is 0 Å². The summed E-state index contributed by atoms with van der Waals surface area (Å²) in [6, 6.07) is 3.42. The van der Waals surface area contributed by atoms with Gasteiger partial charge in [0.05, 0.1) is 6.04 Å². The molecule has 2 N–H and O–H groups in total. The number of hydrogen-bond donors (Lipinski definition) is 2. The van der Waals surface area contributed by atoms with Crippen LogP contribution in [0.5, 0.6) is 0 Å². The molecule has 1 unspecified atom stereocenters. The minimum atomic E-state index is -0.230. The number of hydrogen-bond acceptors (Lipinski definition) is 4. The van der Waals surface area contributed by atoms with E-state index in [1.807, 2.05) is 19.9 Å². The smallest absolute Gasteiger partial charge is 0.270 e. The summed E-state index contributed by atoms with van der Waals surface area (Å²) >= 11 is 0. The van der Waals surface area contributed by atoms with Crippen molar-refractivity contribution < 1.29 is 4.79 Å². The summed E-state index contributed by atoms with van der Waals surface area (Å²) in [6.07, 6.45) is 3.00. The number of amides is 1. The number of H-pyrrole nitrogens is 1. The van der Waals surface area contributed by atoms with E-state index in [0.29, 0.717) is 11.5 Å². The molecular weight excluding hydrogens is 218 g/mol. The van der Waals surface area contributed by atoms with Crippen LogP contribution in [-0.2, 0) is 0 Å². The fourth-order valence-corrected chi connectivity index (χ4v) is 1.48. The van der Waals surface area contributed by atoms with Crippen molar-refractivity contribution in [2.45, 2.75) is 19.9 Å². The van der Waals surface area contributed by atoms with Crippen LogP contribution >= 0.6 is 0 Å². The van der Waals surface area contributed by atoms with E-state index < -0.39 is 0 Å². The van der Waals surface area contributed by atoms with Gasteiger partial charge in [-0.25, -0.2) is 4.98 Å². The first-order valence-corrected chi connectivity index (χ1v) is 5.26. The molecule has 6 heteroatoms. The number of nitrogens with one attached hydrogen (secondary N) is 2. The molecule has 0 aliphatic heterocycles. The lowest BCUT2D eigenvalue weighted by Gasteiger charge is -2.11. The molecule has 0 radical (unpaired) electrons. The lowest BCUT2D eigenvalue weighted by Crippen LogP contribution is -2.28. The molecule has 17 heavy (non-hydrogen) atoms. The number of carbonyl (C=O) groups excluding carboxylic acids is 1. The number of aromatic nitrogens is 4. The van der Waals surface area contributed by atoms with E-state index in [4.69, 9.17) is 0 Å². The van der Waals surface area contributed by atoms with Gasteiger partial charge < -0.3 is 5.32 Å². The summed E-state index contributed by atoms with van der Waals surface area (Å²) in [6.45, 7) is 3.68. The van der Waals surface area contributed by atoms with Gasteiger partial charge in [0.15, 0.2) is 0 Å². The first-order chi connectivity index (χ1) is 8.18. The molecule has 0 aromatic carbocycles. The second-order valence-electron chi connectivity index (χ2n) is 3.73. The van der Waals surface area contributed by atoms with Crippen LogP contribution in [0, 0.1) is 6.92 Å². The molecule has 2 aromatic rings. The zero-order chi connectivity index (χ0) is 12.3. The van der Waals surface area contributed by atoms with Crippen LogP contribution in [0.3, 0.4) is 0 Å². The van der Waals surface area contributed by atoms with Crippen LogP contribution in [0.1, 0.15) is 34.8 Å². The number of carbonyl (C=O) groups is 1. The molecule has 1 amide bonds. The third-order valence-electron chi connectivity index (χ3n) is 2.42. The number of pyridine rings is 1. The Morgan fingerprint density at radius 1 is 1.47 bits per heavy atom. The SMILES string of the molecule is Cc1cccnc1C(=O)NC(C)c1ncn[nH]1. The van der Waals surface area contributed by atoms with E-state index in [1.54, 1.807) is 12.3 Å². The van der Waals surface area contributed by atoms with Gasteiger partial charge in [0, 0.05) is 6.20 Å². The molecule has 1 atom stereocenters. The molecule has 2 rings (SSSR count). The molecule has 88 valence electrons. The Morgan fingerprint density at radius 3 is 2.94 bits per heavy atom. The summed E-state index contributed by atoms with van der Waals surface area (Å²) in [5.41, 5.74) is 1.27. The molecule has 0 spiro atoms. The molecular formula is C11H13N5O. The zero-order valence-corrected chi connectivity index (χ0v) is 9.64. The highest BCUT2D eigenvalue weighted by Gasteiger charge is 2.15. The highest BCUT2D eigenvalue weighted by Crippen LogP contribution is 2.08. The van der Waals surface area contributed by atoms with Crippen LogP contribution in [0.2, 0.25) is 0 Å². The summed E-state index contributed by atoms with van der Waals surface area (Å²) in [7, 11) is 0. The normalized spacial score (nSPS) is 12.1. The van der Waals surface area contributed by atoms with E-state index in [0.717, 1.165) is 5.56 Å². The molecule has 6 nitrogen and oxygen atoms in total. The van der Waals surface area contributed by atoms with Gasteiger partial charge in [-0.3, -0.25) is 14.9 Å². The zero-order valence-electron chi connectivity index (χ0n) is 9.64. The van der Waals surface area contributed by atoms with Gasteiger partial charge >= 0.3 is 0 Å². The van der Waals surface area contributed by atoms with Crippen LogP contribution in [-0.4, -0.2) is 26.1 Å². The Labute approximate surface area is 98.5 Å². The average Bonchev–Trinajstić information content (AvgIpc) is 2.82. The summed E-state index contributed by atoms with van der Waals surface area (Å²) in [5.74, 6) is 0.402. The summed E-state index contributed by atoms with van der Waals surface area (Å²) < 4.78 is 0. The van der Waals surface area contributed by atoms with Gasteiger partial charge in [0.2, 0.25) is 0 Å². The van der Waals surface area contributed by atoms with Crippen molar-refractivity contribution in [3.8, 4) is 0 Å². The second kappa shape index (κ2) is 4.73. The Kier molecular flexibility index (Phi) is 3.13. The Bertz CT molecular complexity index is 508. The standard InChI is InChI=1S/C11H13N5O/c1-7-4-3-5-12-9(7)11(17)15-8(2)10-13-6-14-16-10/h3-6,8H,1-2H3,(H,15,17)(H,13,14,16). The lowest BCUT2D eigenvalue weighted by atomic mass is 10.2. The van der Waals surface area contributed by atoms with Gasteiger partial charge in [0.1, 0.15) is 17.8 Å². The largest absolute Gasteiger partial charge is 0.341 e. The van der Waals surface area contributed by atoms with E-state index >= 15 is 0 Å². The Morgan fingerprint density at radius 2 is 2.29 bits per heavy atom. The fourth-order valence-electron chi connectivity index (χ4n) is 1.48. The minimum Gasteiger partial charge on any atom is -0.341 e. The van der Waals surface area contributed by atoms with Gasteiger partial charge in [-0.05, 0) is 25.5 Å². The quantitative estimate of drug-likeness (QED) is 0.825. The van der Waals surface area contributed by atoms with Gasteiger partial charge in [0.25, 0.3) is 5.91 Å². The van der Waals surface area contributed by atoms with Gasteiger partial charge in [-0.2, -0.15) is 5.10 Å². The maximum absolute atomic E-state index is 11.9. The molecule has 0 aliphatic rings. The molecule has 2 aromatic heterocycles. The third kappa shape index (κ3) is 2.47. The van der Waals surface area contributed by atoms with Crippen molar-refractivity contribution in [1.29, 1.82) is 0 Å². The van der Waals surface area contributed by atoms with E-state index in [9.17, 15) is 4.79 Å². The topological polar surface area (TPSA) is 83.6 Å². The van der Waals surface area contributed by atoms with Crippen molar-refractivity contribution >= 4 is 5.91 Å². The first kappa shape index (κ1) is 11.3. The number of nitrogens with zero attached hydrogens (tertiary/aromatic N) is 3. The van der Waals surface area contributed by atoms with Gasteiger partial charge in [-0.1, -0.05) is 6.07 Å². The summed E-state index contributed by atoms with van der Waals surface area (Å²) in [5, 5.41) is 9.25. The fraction of sp³-hybridized carbons (Fsp3) is 0.273. The Balaban J connectivity index is 2.10. The monoisotopic (exact) mass is 231 g/mol. The second-order valence-corrected chi connectivity index (χ2v) is 3.73.